The number of anilines is 2. The third-order valence-corrected chi connectivity index (χ3v) is 3.50. The molecule has 7 heteroatoms. The first-order chi connectivity index (χ1) is 9.08. The summed E-state index contributed by atoms with van der Waals surface area (Å²) in [7, 11) is 0. The second kappa shape index (κ2) is 5.75. The summed E-state index contributed by atoms with van der Waals surface area (Å²) in [6, 6.07) is 6.90. The molecule has 3 N–H and O–H groups in total. The Bertz CT molecular complexity index is 517. The number of nitrogens with two attached hydrogens (primary N) is 1. The molecule has 1 fully saturated rings. The number of thioether (sulfide) groups is 1. The first kappa shape index (κ1) is 13.4. The molecule has 2 rings (SSSR count). The van der Waals surface area contributed by atoms with E-state index in [9.17, 15) is 14.4 Å². The van der Waals surface area contributed by atoms with Crippen molar-refractivity contribution in [2.24, 2.45) is 0 Å². The van der Waals surface area contributed by atoms with Crippen LogP contribution in [0.2, 0.25) is 0 Å². The number of para-hydroxylation sites is 2. The molecule has 1 aliphatic heterocycles. The first-order valence-electron chi connectivity index (χ1n) is 5.69. The lowest BCUT2D eigenvalue weighted by atomic mass is 10.2. The molecule has 0 unspecified atom stereocenters. The molecule has 0 aromatic heterocycles. The topological polar surface area (TPSA) is 92.5 Å². The smallest absolute Gasteiger partial charge is 0.288 e. The molecule has 19 heavy (non-hydrogen) atoms. The van der Waals surface area contributed by atoms with Crippen molar-refractivity contribution in [2.75, 3.05) is 23.3 Å². The fraction of sp³-hybridized carbons (Fsp3) is 0.250. The second-order valence-electron chi connectivity index (χ2n) is 3.99. The van der Waals surface area contributed by atoms with Gasteiger partial charge in [0, 0.05) is 13.0 Å². The maximum Gasteiger partial charge on any atom is 0.288 e. The molecule has 3 amide bonds. The molecule has 0 atom stereocenters. The van der Waals surface area contributed by atoms with Gasteiger partial charge in [-0.05, 0) is 12.1 Å². The highest BCUT2D eigenvalue weighted by atomic mass is 32.2. The molecule has 0 radical (unpaired) electrons. The molecular formula is C12H13N3O3S. The summed E-state index contributed by atoms with van der Waals surface area (Å²) in [5.41, 5.74) is 6.70. The summed E-state index contributed by atoms with van der Waals surface area (Å²) in [6.45, 7) is 0.100. The number of hydrogen-bond acceptors (Lipinski definition) is 5. The van der Waals surface area contributed by atoms with Gasteiger partial charge in [-0.1, -0.05) is 23.9 Å². The predicted octanol–water partition coefficient (Wildman–Crippen LogP) is 1.29. The first-order valence-corrected chi connectivity index (χ1v) is 6.68. The van der Waals surface area contributed by atoms with Crippen LogP contribution < -0.4 is 11.1 Å². The quantitative estimate of drug-likeness (QED) is 0.810. The van der Waals surface area contributed by atoms with Gasteiger partial charge in [-0.3, -0.25) is 19.3 Å². The summed E-state index contributed by atoms with van der Waals surface area (Å²) in [6.07, 6.45) is 0.0619. The highest BCUT2D eigenvalue weighted by Crippen LogP contribution is 2.20. The molecule has 0 saturated carbocycles. The molecular weight excluding hydrogens is 266 g/mol. The van der Waals surface area contributed by atoms with Gasteiger partial charge in [-0.2, -0.15) is 0 Å². The summed E-state index contributed by atoms with van der Waals surface area (Å²) in [4.78, 5) is 35.5. The Labute approximate surface area is 114 Å². The van der Waals surface area contributed by atoms with Crippen molar-refractivity contribution in [1.82, 2.24) is 4.90 Å². The van der Waals surface area contributed by atoms with Gasteiger partial charge in [-0.25, -0.2) is 0 Å². The van der Waals surface area contributed by atoms with Crippen molar-refractivity contribution in [3.8, 4) is 0 Å². The van der Waals surface area contributed by atoms with Crippen molar-refractivity contribution in [1.29, 1.82) is 0 Å². The van der Waals surface area contributed by atoms with E-state index >= 15 is 0 Å². The van der Waals surface area contributed by atoms with Crippen molar-refractivity contribution in [3.63, 3.8) is 0 Å². The summed E-state index contributed by atoms with van der Waals surface area (Å²) >= 11 is 0.957. The molecule has 1 aromatic carbocycles. The fourth-order valence-electron chi connectivity index (χ4n) is 1.63. The molecule has 0 spiro atoms. The maximum absolute atomic E-state index is 11.7. The van der Waals surface area contributed by atoms with Crippen LogP contribution in [0.3, 0.4) is 0 Å². The fourth-order valence-corrected chi connectivity index (χ4v) is 2.39. The van der Waals surface area contributed by atoms with E-state index in [0.29, 0.717) is 11.4 Å². The van der Waals surface area contributed by atoms with Crippen molar-refractivity contribution in [3.05, 3.63) is 24.3 Å². The molecule has 100 valence electrons. The van der Waals surface area contributed by atoms with E-state index in [4.69, 9.17) is 5.73 Å². The number of nitrogen functional groups attached to an aromatic ring is 1. The molecule has 1 aliphatic rings. The minimum Gasteiger partial charge on any atom is -0.397 e. The van der Waals surface area contributed by atoms with Crippen LogP contribution in [0.25, 0.3) is 0 Å². The number of carbonyl (C=O) groups is 3. The monoisotopic (exact) mass is 279 g/mol. The number of rotatable bonds is 4. The van der Waals surface area contributed by atoms with Gasteiger partial charge in [0.25, 0.3) is 5.24 Å². The van der Waals surface area contributed by atoms with Gasteiger partial charge >= 0.3 is 0 Å². The molecule has 1 heterocycles. The zero-order chi connectivity index (χ0) is 13.8. The van der Waals surface area contributed by atoms with E-state index in [-0.39, 0.29) is 35.8 Å². The van der Waals surface area contributed by atoms with E-state index in [1.807, 2.05) is 0 Å². The Balaban J connectivity index is 1.87. The summed E-state index contributed by atoms with van der Waals surface area (Å²) in [5, 5.41) is 2.35. The van der Waals surface area contributed by atoms with Crippen LogP contribution in [-0.4, -0.2) is 34.3 Å². The lowest BCUT2D eigenvalue weighted by Gasteiger charge is -2.13. The third kappa shape index (κ3) is 3.25. The number of imide groups is 1. The Kier molecular flexibility index (Phi) is 4.06. The van der Waals surface area contributed by atoms with Crippen LogP contribution >= 0.6 is 11.8 Å². The zero-order valence-electron chi connectivity index (χ0n) is 10.1. The zero-order valence-corrected chi connectivity index (χ0v) is 10.9. The number of nitrogens with zero attached hydrogens (tertiary/aromatic N) is 1. The minimum atomic E-state index is -0.294. The number of carbonyl (C=O) groups excluding carboxylic acids is 3. The Hall–Kier alpha value is -2.02. The molecule has 1 aromatic rings. The maximum atomic E-state index is 11.7. The summed E-state index contributed by atoms with van der Waals surface area (Å²) in [5.74, 6) is -0.371. The van der Waals surface area contributed by atoms with Crippen LogP contribution in [0.1, 0.15) is 6.42 Å². The average Bonchev–Trinajstić information content (AvgIpc) is 2.70. The molecule has 0 bridgehead atoms. The lowest BCUT2D eigenvalue weighted by Crippen LogP contribution is -2.31. The SMILES string of the molecule is Nc1ccccc1NC(=O)CCN1C(=O)CSC1=O. The van der Waals surface area contributed by atoms with E-state index in [1.54, 1.807) is 24.3 Å². The van der Waals surface area contributed by atoms with Crippen molar-refractivity contribution in [2.45, 2.75) is 6.42 Å². The van der Waals surface area contributed by atoms with E-state index in [1.165, 1.54) is 0 Å². The van der Waals surface area contributed by atoms with Crippen LogP contribution in [-0.2, 0) is 9.59 Å². The Morgan fingerprint density at radius 2 is 2.11 bits per heavy atom. The number of amides is 3. The van der Waals surface area contributed by atoms with Crippen LogP contribution in [0.15, 0.2) is 24.3 Å². The van der Waals surface area contributed by atoms with Gasteiger partial charge in [0.15, 0.2) is 0 Å². The number of benzene rings is 1. The van der Waals surface area contributed by atoms with Gasteiger partial charge < -0.3 is 11.1 Å². The van der Waals surface area contributed by atoms with Crippen LogP contribution in [0.4, 0.5) is 16.2 Å². The molecule has 6 nitrogen and oxygen atoms in total. The molecule has 0 aliphatic carbocycles. The van der Waals surface area contributed by atoms with Crippen molar-refractivity contribution >= 4 is 40.2 Å². The Morgan fingerprint density at radius 3 is 2.74 bits per heavy atom. The van der Waals surface area contributed by atoms with Gasteiger partial charge in [-0.15, -0.1) is 0 Å². The van der Waals surface area contributed by atoms with E-state index in [0.717, 1.165) is 16.7 Å². The van der Waals surface area contributed by atoms with Gasteiger partial charge in [0.1, 0.15) is 0 Å². The summed E-state index contributed by atoms with van der Waals surface area (Å²) < 4.78 is 0. The van der Waals surface area contributed by atoms with E-state index < -0.39 is 0 Å². The van der Waals surface area contributed by atoms with E-state index in [2.05, 4.69) is 5.32 Å². The van der Waals surface area contributed by atoms with Crippen LogP contribution in [0.5, 0.6) is 0 Å². The highest BCUT2D eigenvalue weighted by molar-refractivity contribution is 8.14. The van der Waals surface area contributed by atoms with Crippen molar-refractivity contribution < 1.29 is 14.4 Å². The minimum absolute atomic E-state index is 0.0619. The van der Waals surface area contributed by atoms with Crippen LogP contribution in [0, 0.1) is 0 Å². The number of nitrogens with one attached hydrogen (secondary N) is 1. The standard InChI is InChI=1S/C12H13N3O3S/c13-8-3-1-2-4-9(8)14-10(16)5-6-15-11(17)7-19-12(15)18/h1-4H,5-7,13H2,(H,14,16). The lowest BCUT2D eigenvalue weighted by molar-refractivity contribution is -0.125. The second-order valence-corrected chi connectivity index (χ2v) is 4.91. The largest absolute Gasteiger partial charge is 0.397 e. The third-order valence-electron chi connectivity index (χ3n) is 2.64. The van der Waals surface area contributed by atoms with Gasteiger partial charge in [0.05, 0.1) is 17.1 Å². The number of hydrogen-bond donors (Lipinski definition) is 2. The Morgan fingerprint density at radius 1 is 1.37 bits per heavy atom. The van der Waals surface area contributed by atoms with Gasteiger partial charge in [0.2, 0.25) is 11.8 Å². The highest BCUT2D eigenvalue weighted by Gasteiger charge is 2.29. The predicted molar refractivity (Wildman–Crippen MR) is 73.7 cm³/mol. The molecule has 1 saturated heterocycles. The average molecular weight is 279 g/mol. The normalized spacial score (nSPS) is 14.8.